The summed E-state index contributed by atoms with van der Waals surface area (Å²) < 4.78 is 13.7. The fourth-order valence-electron chi connectivity index (χ4n) is 2.42. The number of nitrogens with one attached hydrogen (secondary N) is 1. The first-order valence-electron chi connectivity index (χ1n) is 6.81. The van der Waals surface area contributed by atoms with Crippen LogP contribution >= 0.6 is 11.6 Å². The second-order valence-corrected chi connectivity index (χ2v) is 5.58. The molecule has 0 spiro atoms. The molecule has 0 saturated carbocycles. The SMILES string of the molecule is CC(Cc1cccc(Cl)c1)NC(C)c1ccccc1F. The number of halogens is 2. The van der Waals surface area contributed by atoms with E-state index in [0.717, 1.165) is 11.4 Å². The van der Waals surface area contributed by atoms with Gasteiger partial charge in [0.15, 0.2) is 0 Å². The summed E-state index contributed by atoms with van der Waals surface area (Å²) in [5, 5.41) is 4.17. The summed E-state index contributed by atoms with van der Waals surface area (Å²) in [4.78, 5) is 0. The molecule has 0 heterocycles. The molecule has 0 radical (unpaired) electrons. The van der Waals surface area contributed by atoms with E-state index < -0.39 is 0 Å². The smallest absolute Gasteiger partial charge is 0.127 e. The third-order valence-electron chi connectivity index (χ3n) is 3.34. The van der Waals surface area contributed by atoms with Crippen LogP contribution < -0.4 is 5.32 Å². The minimum Gasteiger partial charge on any atom is -0.307 e. The lowest BCUT2D eigenvalue weighted by atomic mass is 10.0. The Balaban J connectivity index is 1.98. The van der Waals surface area contributed by atoms with Crippen molar-refractivity contribution in [1.29, 1.82) is 0 Å². The molecule has 2 aromatic carbocycles. The Bertz CT molecular complexity index is 570. The van der Waals surface area contributed by atoms with Crippen LogP contribution in [-0.4, -0.2) is 6.04 Å². The Hall–Kier alpha value is -1.38. The summed E-state index contributed by atoms with van der Waals surface area (Å²) in [5.41, 5.74) is 1.88. The topological polar surface area (TPSA) is 12.0 Å². The predicted molar refractivity (Wildman–Crippen MR) is 82.6 cm³/mol. The third-order valence-corrected chi connectivity index (χ3v) is 3.57. The molecule has 0 bridgehead atoms. The quantitative estimate of drug-likeness (QED) is 0.837. The van der Waals surface area contributed by atoms with Gasteiger partial charge in [0.05, 0.1) is 0 Å². The van der Waals surface area contributed by atoms with Gasteiger partial charge in [-0.15, -0.1) is 0 Å². The standard InChI is InChI=1S/C17H19ClFN/c1-12(10-14-6-5-7-15(18)11-14)20-13(2)16-8-3-4-9-17(16)19/h3-9,11-13,20H,10H2,1-2H3. The lowest BCUT2D eigenvalue weighted by Crippen LogP contribution is -2.31. The van der Waals surface area contributed by atoms with E-state index in [2.05, 4.69) is 18.3 Å². The van der Waals surface area contributed by atoms with Crippen molar-refractivity contribution in [2.45, 2.75) is 32.4 Å². The molecule has 1 nitrogen and oxygen atoms in total. The molecular formula is C17H19ClFN. The van der Waals surface area contributed by atoms with Gasteiger partial charge in [-0.25, -0.2) is 4.39 Å². The van der Waals surface area contributed by atoms with Gasteiger partial charge in [0.1, 0.15) is 5.82 Å². The van der Waals surface area contributed by atoms with Crippen LogP contribution in [0.25, 0.3) is 0 Å². The number of rotatable bonds is 5. The van der Waals surface area contributed by atoms with Gasteiger partial charge in [-0.05, 0) is 44.0 Å². The first kappa shape index (κ1) is 15.0. The Kier molecular flexibility index (Phi) is 5.16. The summed E-state index contributed by atoms with van der Waals surface area (Å²) in [6.07, 6.45) is 0.860. The zero-order valence-corrected chi connectivity index (χ0v) is 12.5. The van der Waals surface area contributed by atoms with E-state index in [1.807, 2.05) is 37.3 Å². The number of hydrogen-bond acceptors (Lipinski definition) is 1. The van der Waals surface area contributed by atoms with Gasteiger partial charge in [-0.2, -0.15) is 0 Å². The summed E-state index contributed by atoms with van der Waals surface area (Å²) in [7, 11) is 0. The van der Waals surface area contributed by atoms with Crippen LogP contribution in [-0.2, 0) is 6.42 Å². The van der Waals surface area contributed by atoms with E-state index in [1.165, 1.54) is 11.6 Å². The van der Waals surface area contributed by atoms with Gasteiger partial charge in [0, 0.05) is 22.7 Å². The van der Waals surface area contributed by atoms with Crippen LogP contribution in [0.2, 0.25) is 5.02 Å². The maximum Gasteiger partial charge on any atom is 0.127 e. The molecule has 0 aliphatic carbocycles. The molecule has 1 N–H and O–H groups in total. The lowest BCUT2D eigenvalue weighted by Gasteiger charge is -2.21. The van der Waals surface area contributed by atoms with E-state index in [0.29, 0.717) is 5.56 Å². The molecule has 106 valence electrons. The zero-order chi connectivity index (χ0) is 14.5. The van der Waals surface area contributed by atoms with Crippen LogP contribution in [0.1, 0.15) is 31.0 Å². The van der Waals surface area contributed by atoms with Gasteiger partial charge in [0.2, 0.25) is 0 Å². The largest absolute Gasteiger partial charge is 0.307 e. The van der Waals surface area contributed by atoms with Crippen LogP contribution in [0.5, 0.6) is 0 Å². The fourth-order valence-corrected chi connectivity index (χ4v) is 2.63. The summed E-state index contributed by atoms with van der Waals surface area (Å²) in [6, 6.07) is 14.9. The molecule has 0 saturated heterocycles. The Labute approximate surface area is 124 Å². The molecule has 20 heavy (non-hydrogen) atoms. The Morgan fingerprint density at radius 1 is 1.10 bits per heavy atom. The van der Waals surface area contributed by atoms with Gasteiger partial charge < -0.3 is 5.32 Å². The number of benzene rings is 2. The van der Waals surface area contributed by atoms with Crippen LogP contribution in [0.4, 0.5) is 4.39 Å². The second-order valence-electron chi connectivity index (χ2n) is 5.14. The number of hydrogen-bond donors (Lipinski definition) is 1. The van der Waals surface area contributed by atoms with Crippen molar-refractivity contribution in [2.24, 2.45) is 0 Å². The van der Waals surface area contributed by atoms with Crippen LogP contribution in [0.3, 0.4) is 0 Å². The van der Waals surface area contributed by atoms with E-state index >= 15 is 0 Å². The van der Waals surface area contributed by atoms with Crippen molar-refractivity contribution in [1.82, 2.24) is 5.32 Å². The van der Waals surface area contributed by atoms with E-state index in [9.17, 15) is 4.39 Å². The van der Waals surface area contributed by atoms with E-state index in [1.54, 1.807) is 6.07 Å². The minimum absolute atomic E-state index is 0.0228. The summed E-state index contributed by atoms with van der Waals surface area (Å²) >= 11 is 5.98. The first-order chi connectivity index (χ1) is 9.56. The predicted octanol–water partition coefficient (Wildman–Crippen LogP) is 4.76. The Morgan fingerprint density at radius 2 is 1.85 bits per heavy atom. The third kappa shape index (κ3) is 4.06. The van der Waals surface area contributed by atoms with Crippen molar-refractivity contribution in [2.75, 3.05) is 0 Å². The average molecular weight is 292 g/mol. The highest BCUT2D eigenvalue weighted by Crippen LogP contribution is 2.18. The van der Waals surface area contributed by atoms with Crippen molar-refractivity contribution in [3.05, 3.63) is 70.5 Å². The first-order valence-corrected chi connectivity index (χ1v) is 7.19. The zero-order valence-electron chi connectivity index (χ0n) is 11.7. The van der Waals surface area contributed by atoms with Crippen molar-refractivity contribution < 1.29 is 4.39 Å². The maximum absolute atomic E-state index is 13.7. The van der Waals surface area contributed by atoms with Gasteiger partial charge in [-0.1, -0.05) is 41.9 Å². The maximum atomic E-state index is 13.7. The Morgan fingerprint density at radius 3 is 2.55 bits per heavy atom. The van der Waals surface area contributed by atoms with Crippen LogP contribution in [0.15, 0.2) is 48.5 Å². The molecule has 0 fully saturated rings. The molecule has 2 atom stereocenters. The molecule has 2 unspecified atom stereocenters. The molecule has 2 rings (SSSR count). The van der Waals surface area contributed by atoms with E-state index in [-0.39, 0.29) is 17.9 Å². The van der Waals surface area contributed by atoms with Gasteiger partial charge >= 0.3 is 0 Å². The molecule has 3 heteroatoms. The van der Waals surface area contributed by atoms with Crippen molar-refractivity contribution >= 4 is 11.6 Å². The summed E-state index contributed by atoms with van der Waals surface area (Å²) in [6.45, 7) is 4.07. The molecular weight excluding hydrogens is 273 g/mol. The normalized spacial score (nSPS) is 14.0. The highest BCUT2D eigenvalue weighted by molar-refractivity contribution is 6.30. The highest BCUT2D eigenvalue weighted by Gasteiger charge is 2.13. The monoisotopic (exact) mass is 291 g/mol. The lowest BCUT2D eigenvalue weighted by molar-refractivity contribution is 0.460. The molecule has 0 aliphatic heterocycles. The highest BCUT2D eigenvalue weighted by atomic mass is 35.5. The minimum atomic E-state index is -0.164. The van der Waals surface area contributed by atoms with Crippen molar-refractivity contribution in [3.63, 3.8) is 0 Å². The molecule has 0 aromatic heterocycles. The van der Waals surface area contributed by atoms with E-state index in [4.69, 9.17) is 11.6 Å². The molecule has 0 amide bonds. The second kappa shape index (κ2) is 6.87. The van der Waals surface area contributed by atoms with Crippen molar-refractivity contribution in [3.8, 4) is 0 Å². The summed E-state index contributed by atoms with van der Waals surface area (Å²) in [5.74, 6) is -0.164. The average Bonchev–Trinajstić information content (AvgIpc) is 2.38. The van der Waals surface area contributed by atoms with Gasteiger partial charge in [0.25, 0.3) is 0 Å². The van der Waals surface area contributed by atoms with Gasteiger partial charge in [-0.3, -0.25) is 0 Å². The molecule has 2 aromatic rings. The van der Waals surface area contributed by atoms with Crippen LogP contribution in [0, 0.1) is 5.82 Å². The molecule has 0 aliphatic rings. The fraction of sp³-hybridized carbons (Fsp3) is 0.294.